The standard InChI is InChI=1S/C16H23N3S/c1-5-7-14-15(11-17-3)20-16(18-14)19(4)13-9-6-8-12(2)10-13/h6,8-10,17H,5,7,11H2,1-4H3. The summed E-state index contributed by atoms with van der Waals surface area (Å²) >= 11 is 1.79. The van der Waals surface area contributed by atoms with Crippen molar-refractivity contribution in [2.45, 2.75) is 33.2 Å². The van der Waals surface area contributed by atoms with E-state index in [1.54, 1.807) is 11.3 Å². The monoisotopic (exact) mass is 289 g/mol. The molecule has 3 nitrogen and oxygen atoms in total. The van der Waals surface area contributed by atoms with Crippen LogP contribution in [-0.2, 0) is 13.0 Å². The topological polar surface area (TPSA) is 28.2 Å². The first-order valence-corrected chi connectivity index (χ1v) is 7.91. The molecule has 0 aliphatic heterocycles. The van der Waals surface area contributed by atoms with Crippen molar-refractivity contribution >= 4 is 22.2 Å². The Balaban J connectivity index is 2.29. The number of hydrogen-bond donors (Lipinski definition) is 1. The number of benzene rings is 1. The number of anilines is 2. The van der Waals surface area contributed by atoms with Gasteiger partial charge in [0.1, 0.15) is 0 Å². The maximum Gasteiger partial charge on any atom is 0.190 e. The van der Waals surface area contributed by atoms with Crippen LogP contribution in [0.5, 0.6) is 0 Å². The summed E-state index contributed by atoms with van der Waals surface area (Å²) in [6.45, 7) is 5.22. The van der Waals surface area contributed by atoms with E-state index in [4.69, 9.17) is 4.98 Å². The summed E-state index contributed by atoms with van der Waals surface area (Å²) in [7, 11) is 4.08. The van der Waals surface area contributed by atoms with Gasteiger partial charge in [-0.2, -0.15) is 0 Å². The van der Waals surface area contributed by atoms with Gasteiger partial charge in [0.2, 0.25) is 0 Å². The zero-order valence-electron chi connectivity index (χ0n) is 12.7. The first-order chi connectivity index (χ1) is 9.65. The Labute approximate surface area is 125 Å². The van der Waals surface area contributed by atoms with Gasteiger partial charge in [-0.3, -0.25) is 0 Å². The fourth-order valence-electron chi connectivity index (χ4n) is 2.19. The third-order valence-electron chi connectivity index (χ3n) is 3.27. The van der Waals surface area contributed by atoms with Crippen LogP contribution >= 0.6 is 11.3 Å². The van der Waals surface area contributed by atoms with Crippen LogP contribution in [0.25, 0.3) is 0 Å². The van der Waals surface area contributed by atoms with E-state index >= 15 is 0 Å². The summed E-state index contributed by atoms with van der Waals surface area (Å²) in [4.78, 5) is 8.36. The number of thiazole rings is 1. The van der Waals surface area contributed by atoms with Crippen molar-refractivity contribution in [3.8, 4) is 0 Å². The zero-order valence-corrected chi connectivity index (χ0v) is 13.5. The molecule has 1 aromatic heterocycles. The average molecular weight is 289 g/mol. The molecule has 2 aromatic rings. The van der Waals surface area contributed by atoms with Gasteiger partial charge in [-0.15, -0.1) is 0 Å². The summed E-state index contributed by atoms with van der Waals surface area (Å²) in [5, 5.41) is 4.31. The summed E-state index contributed by atoms with van der Waals surface area (Å²) in [6.07, 6.45) is 2.18. The Morgan fingerprint density at radius 1 is 1.35 bits per heavy atom. The van der Waals surface area contributed by atoms with E-state index in [-0.39, 0.29) is 0 Å². The van der Waals surface area contributed by atoms with Crippen molar-refractivity contribution in [1.29, 1.82) is 0 Å². The molecular formula is C16H23N3S. The lowest BCUT2D eigenvalue weighted by atomic mass is 10.2. The SMILES string of the molecule is CCCc1nc(N(C)c2cccc(C)c2)sc1CNC. The van der Waals surface area contributed by atoms with E-state index in [2.05, 4.69) is 55.4 Å². The van der Waals surface area contributed by atoms with Crippen LogP contribution in [0.4, 0.5) is 10.8 Å². The lowest BCUT2D eigenvalue weighted by molar-refractivity contribution is 0.798. The minimum absolute atomic E-state index is 0.897. The molecule has 0 saturated heterocycles. The Morgan fingerprint density at radius 3 is 2.80 bits per heavy atom. The van der Waals surface area contributed by atoms with Crippen molar-refractivity contribution < 1.29 is 0 Å². The first-order valence-electron chi connectivity index (χ1n) is 7.09. The van der Waals surface area contributed by atoms with Crippen molar-refractivity contribution in [3.05, 3.63) is 40.4 Å². The minimum Gasteiger partial charge on any atom is -0.321 e. The van der Waals surface area contributed by atoms with Crippen LogP contribution in [-0.4, -0.2) is 19.1 Å². The molecule has 0 aliphatic rings. The predicted molar refractivity (Wildman–Crippen MR) is 88.1 cm³/mol. The van der Waals surface area contributed by atoms with Crippen LogP contribution in [0.1, 0.15) is 29.5 Å². The van der Waals surface area contributed by atoms with Gasteiger partial charge in [-0.1, -0.05) is 36.8 Å². The number of nitrogens with zero attached hydrogens (tertiary/aromatic N) is 2. The van der Waals surface area contributed by atoms with Crippen molar-refractivity contribution in [2.24, 2.45) is 0 Å². The molecule has 0 unspecified atom stereocenters. The summed E-state index contributed by atoms with van der Waals surface area (Å²) in [5.74, 6) is 0. The lowest BCUT2D eigenvalue weighted by Gasteiger charge is -2.16. The van der Waals surface area contributed by atoms with Crippen molar-refractivity contribution in [1.82, 2.24) is 10.3 Å². The quantitative estimate of drug-likeness (QED) is 0.874. The Morgan fingerprint density at radius 2 is 2.15 bits per heavy atom. The number of aromatic nitrogens is 1. The third-order valence-corrected chi connectivity index (χ3v) is 4.44. The molecule has 0 fully saturated rings. The van der Waals surface area contributed by atoms with E-state index in [9.17, 15) is 0 Å². The molecule has 1 heterocycles. The maximum absolute atomic E-state index is 4.83. The second-order valence-corrected chi connectivity index (χ2v) is 6.11. The number of aryl methyl sites for hydroxylation is 2. The van der Waals surface area contributed by atoms with E-state index in [0.29, 0.717) is 0 Å². The zero-order chi connectivity index (χ0) is 14.5. The molecule has 1 N–H and O–H groups in total. The molecular weight excluding hydrogens is 266 g/mol. The molecule has 0 bridgehead atoms. The fraction of sp³-hybridized carbons (Fsp3) is 0.438. The van der Waals surface area contributed by atoms with Crippen molar-refractivity contribution in [2.75, 3.05) is 19.0 Å². The molecule has 0 saturated carbocycles. The van der Waals surface area contributed by atoms with Crippen molar-refractivity contribution in [3.63, 3.8) is 0 Å². The summed E-state index contributed by atoms with van der Waals surface area (Å²) in [6, 6.07) is 8.54. The van der Waals surface area contributed by atoms with Crippen LogP contribution in [0.2, 0.25) is 0 Å². The second-order valence-electron chi connectivity index (χ2n) is 5.04. The number of nitrogens with one attached hydrogen (secondary N) is 1. The Hall–Kier alpha value is -1.39. The second kappa shape index (κ2) is 6.86. The fourth-order valence-corrected chi connectivity index (χ4v) is 3.29. The first kappa shape index (κ1) is 15.0. The normalized spacial score (nSPS) is 10.8. The highest BCUT2D eigenvalue weighted by Crippen LogP contribution is 2.31. The Bertz CT molecular complexity index is 539. The molecule has 1 aromatic carbocycles. The maximum atomic E-state index is 4.83. The van der Waals surface area contributed by atoms with Gasteiger partial charge in [0.25, 0.3) is 0 Å². The molecule has 20 heavy (non-hydrogen) atoms. The van der Waals surface area contributed by atoms with E-state index in [1.165, 1.54) is 21.8 Å². The molecule has 0 aliphatic carbocycles. The van der Waals surface area contributed by atoms with Gasteiger partial charge in [0.05, 0.1) is 5.69 Å². The predicted octanol–water partition coefficient (Wildman–Crippen LogP) is 3.89. The molecule has 108 valence electrons. The smallest absolute Gasteiger partial charge is 0.190 e. The molecule has 0 amide bonds. The van der Waals surface area contributed by atoms with Crippen LogP contribution in [0.3, 0.4) is 0 Å². The number of rotatable bonds is 6. The van der Waals surface area contributed by atoms with Gasteiger partial charge in [-0.25, -0.2) is 4.98 Å². The van der Waals surface area contributed by atoms with Gasteiger partial charge in [0, 0.05) is 24.2 Å². The van der Waals surface area contributed by atoms with E-state index in [0.717, 1.165) is 24.5 Å². The largest absolute Gasteiger partial charge is 0.321 e. The number of hydrogen-bond acceptors (Lipinski definition) is 4. The molecule has 0 spiro atoms. The molecule has 0 radical (unpaired) electrons. The highest BCUT2D eigenvalue weighted by Gasteiger charge is 2.14. The van der Waals surface area contributed by atoms with E-state index < -0.39 is 0 Å². The highest BCUT2D eigenvalue weighted by molar-refractivity contribution is 7.15. The van der Waals surface area contributed by atoms with Gasteiger partial charge in [-0.05, 0) is 38.1 Å². The van der Waals surface area contributed by atoms with Crippen LogP contribution < -0.4 is 10.2 Å². The molecule has 4 heteroatoms. The van der Waals surface area contributed by atoms with Gasteiger partial charge < -0.3 is 10.2 Å². The minimum atomic E-state index is 0.897. The average Bonchev–Trinajstić information content (AvgIpc) is 2.82. The third kappa shape index (κ3) is 3.38. The summed E-state index contributed by atoms with van der Waals surface area (Å²) in [5.41, 5.74) is 3.70. The Kier molecular flexibility index (Phi) is 5.15. The lowest BCUT2D eigenvalue weighted by Crippen LogP contribution is -2.09. The van der Waals surface area contributed by atoms with E-state index in [1.807, 2.05) is 7.05 Å². The van der Waals surface area contributed by atoms with Gasteiger partial charge >= 0.3 is 0 Å². The molecule has 2 rings (SSSR count). The van der Waals surface area contributed by atoms with Crippen LogP contribution in [0, 0.1) is 6.92 Å². The van der Waals surface area contributed by atoms with Gasteiger partial charge in [0.15, 0.2) is 5.13 Å². The highest BCUT2D eigenvalue weighted by atomic mass is 32.1. The van der Waals surface area contributed by atoms with Crippen LogP contribution in [0.15, 0.2) is 24.3 Å². The molecule has 0 atom stereocenters. The summed E-state index contributed by atoms with van der Waals surface area (Å²) < 4.78 is 0.